The third kappa shape index (κ3) is 11.9. The van der Waals surface area contributed by atoms with Gasteiger partial charge in [0.25, 0.3) is 0 Å². The fourth-order valence-electron chi connectivity index (χ4n) is 12.8. The summed E-state index contributed by atoms with van der Waals surface area (Å²) >= 11 is 0. The van der Waals surface area contributed by atoms with Gasteiger partial charge in [-0.1, -0.05) is 66.2 Å². The van der Waals surface area contributed by atoms with E-state index in [1.807, 2.05) is 40.0 Å². The van der Waals surface area contributed by atoms with E-state index in [1.54, 1.807) is 6.20 Å². The first-order valence-electron chi connectivity index (χ1n) is 25.1. The van der Waals surface area contributed by atoms with E-state index in [-0.39, 0.29) is 40.6 Å². The number of nitrogens with zero attached hydrogens (tertiary/aromatic N) is 3. The van der Waals surface area contributed by atoms with Gasteiger partial charge in [0.2, 0.25) is 5.91 Å². The molecule has 4 bridgehead atoms. The van der Waals surface area contributed by atoms with Crippen LogP contribution in [0.4, 0.5) is 5.82 Å². The number of rotatable bonds is 5. The Morgan fingerprint density at radius 2 is 1.63 bits per heavy atom. The number of hydrogen-bond donors (Lipinski definition) is 5. The van der Waals surface area contributed by atoms with E-state index in [0.717, 1.165) is 68.2 Å². The number of carbonyl (C=O) groups is 2. The molecule has 6 aliphatic rings. The molecule has 2 aliphatic heterocycles. The maximum atomic E-state index is 14.2. The first kappa shape index (κ1) is 48.1. The lowest BCUT2D eigenvalue weighted by molar-refractivity contribution is -0.148. The maximum Gasteiger partial charge on any atom is 0.302 e. The highest BCUT2D eigenvalue weighted by molar-refractivity contribution is 8.77. The van der Waals surface area contributed by atoms with Gasteiger partial charge in [0.1, 0.15) is 16.8 Å². The van der Waals surface area contributed by atoms with Gasteiger partial charge in [0.15, 0.2) is 17.5 Å². The molecule has 4 aliphatic carbocycles. The zero-order valence-electron chi connectivity index (χ0n) is 39.0. The van der Waals surface area contributed by atoms with Crippen molar-refractivity contribution in [1.82, 2.24) is 15.2 Å². The Hall–Kier alpha value is -3.36. The lowest BCUT2D eigenvalue weighted by Crippen LogP contribution is -2.55. The number of nitrogen functional groups attached to an aromatic ring is 1. The number of nitrogens with two attached hydrogens (primary N) is 2. The molecule has 3 heterocycles. The SMILES string of the molecule is CC(=O)OC1CCc2cc(c(O)c(OC3CCCC3)c2)CN2CC(Cc3ccnc(N)c3)(CCN=C(N)NC3(CCCC34CCCC4)SSCC3(CCCCC(O)C1)CCCC3)CC2=O. The number of fused-ring (bicyclic) bond motifs is 5. The molecule has 8 rings (SSSR count). The highest BCUT2D eigenvalue weighted by Crippen LogP contribution is 2.64. The number of benzene rings is 1. The van der Waals surface area contributed by atoms with Crippen molar-refractivity contribution in [3.8, 4) is 11.5 Å². The second kappa shape index (κ2) is 21.3. The molecule has 4 saturated carbocycles. The van der Waals surface area contributed by atoms with Crippen LogP contribution in [-0.4, -0.2) is 80.0 Å². The molecule has 1 amide bonds. The van der Waals surface area contributed by atoms with Crippen LogP contribution in [0.1, 0.15) is 171 Å². The van der Waals surface area contributed by atoms with Gasteiger partial charge in [-0.05, 0) is 144 Å². The zero-order valence-corrected chi connectivity index (χ0v) is 40.6. The van der Waals surface area contributed by atoms with Crippen LogP contribution in [0.2, 0.25) is 0 Å². The van der Waals surface area contributed by atoms with E-state index in [9.17, 15) is 19.8 Å². The average molecular weight is 933 g/mol. The number of pyridine rings is 1. The van der Waals surface area contributed by atoms with E-state index in [0.29, 0.717) is 86.5 Å². The molecule has 1 aromatic heterocycles. The van der Waals surface area contributed by atoms with Crippen LogP contribution in [0.5, 0.6) is 11.5 Å². The first-order valence-corrected chi connectivity index (χ1v) is 27.4. The predicted octanol–water partition coefficient (Wildman–Crippen LogP) is 9.52. The minimum atomic E-state index is -0.577. The topological polar surface area (TPSA) is 186 Å². The molecule has 358 valence electrons. The predicted molar refractivity (Wildman–Crippen MR) is 261 cm³/mol. The van der Waals surface area contributed by atoms with E-state index in [2.05, 4.69) is 21.1 Å². The number of carbonyl (C=O) groups excluding carboxylic acids is 2. The van der Waals surface area contributed by atoms with Crippen molar-refractivity contribution in [2.45, 2.75) is 197 Å². The number of aliphatic imine (C=N–C) groups is 1. The highest BCUT2D eigenvalue weighted by Gasteiger charge is 2.57. The van der Waals surface area contributed by atoms with Crippen LogP contribution in [0.25, 0.3) is 0 Å². The van der Waals surface area contributed by atoms with E-state index in [1.165, 1.54) is 71.1 Å². The quantitative estimate of drug-likeness (QED) is 0.142. The van der Waals surface area contributed by atoms with Crippen LogP contribution in [-0.2, 0) is 33.7 Å². The minimum Gasteiger partial charge on any atom is -0.504 e. The normalized spacial score (nSPS) is 29.6. The molecule has 12 nitrogen and oxygen atoms in total. The van der Waals surface area contributed by atoms with Gasteiger partial charge in [-0.25, -0.2) is 4.98 Å². The number of aromatic hydroxyl groups is 1. The summed E-state index contributed by atoms with van der Waals surface area (Å²) in [5.74, 6) is 2.22. The van der Waals surface area contributed by atoms with Gasteiger partial charge in [-0.15, -0.1) is 0 Å². The first-order chi connectivity index (χ1) is 31.4. The fourth-order valence-corrected chi connectivity index (χ4v) is 17.0. The van der Waals surface area contributed by atoms with E-state index < -0.39 is 17.6 Å². The van der Waals surface area contributed by atoms with Gasteiger partial charge in [0, 0.05) is 67.7 Å². The Labute approximate surface area is 395 Å². The number of hydrogen-bond acceptors (Lipinski definition) is 13. The third-order valence-corrected chi connectivity index (χ3v) is 19.6. The molecule has 4 unspecified atom stereocenters. The molecular weight excluding hydrogens is 857 g/mol. The number of phenolic OH excluding ortho intramolecular Hbond substituents is 1. The Bertz CT molecular complexity index is 1980. The Morgan fingerprint density at radius 3 is 2.38 bits per heavy atom. The molecule has 4 atom stereocenters. The summed E-state index contributed by atoms with van der Waals surface area (Å²) in [6.07, 6.45) is 25.1. The zero-order chi connectivity index (χ0) is 45.5. The van der Waals surface area contributed by atoms with Gasteiger partial charge in [-0.3, -0.25) is 14.6 Å². The van der Waals surface area contributed by atoms with E-state index >= 15 is 0 Å². The van der Waals surface area contributed by atoms with Gasteiger partial charge in [-0.2, -0.15) is 0 Å². The number of phenols is 1. The monoisotopic (exact) mass is 933 g/mol. The fraction of sp³-hybridized carbons (Fsp3) is 0.725. The smallest absolute Gasteiger partial charge is 0.302 e. The summed E-state index contributed by atoms with van der Waals surface area (Å²) in [5, 5.41) is 27.1. The number of anilines is 1. The van der Waals surface area contributed by atoms with Gasteiger partial charge >= 0.3 is 5.97 Å². The maximum absolute atomic E-state index is 14.2. The third-order valence-electron chi connectivity index (χ3n) is 16.2. The lowest BCUT2D eigenvalue weighted by Gasteiger charge is -2.44. The standard InChI is InChI=1S/C51H76N6O6S2/c1-36(58)62-42-15-14-37-27-39(46(61)43(28-37)63-41-12-2-3-13-41)33-57-34-49(32-45(57)60,31-38-16-25-54-44(52)29-38)24-26-55-47(53)56-51(23-10-22-50(51)20-8-9-21-50)65-64-35-48(18-6-7-19-48)17-5-4-11-40(59)30-42/h16,25,27-29,40-42,59,61H,2-15,17-24,26,30-35H2,1H3,(H2,52,54)(H3,53,55,56). The van der Waals surface area contributed by atoms with Crippen LogP contribution < -0.4 is 21.5 Å². The Balaban J connectivity index is 1.10. The van der Waals surface area contributed by atoms with Crippen molar-refractivity contribution in [3.63, 3.8) is 0 Å². The van der Waals surface area contributed by atoms with Gasteiger partial charge in [0.05, 0.1) is 12.2 Å². The Kier molecular flexibility index (Phi) is 15.8. The number of amides is 1. The average Bonchev–Trinajstić information content (AvgIpc) is 4.12. The number of aliphatic hydroxyl groups is 1. The van der Waals surface area contributed by atoms with Crippen LogP contribution in [0.3, 0.4) is 0 Å². The molecule has 1 saturated heterocycles. The Morgan fingerprint density at radius 1 is 0.908 bits per heavy atom. The molecule has 1 aromatic carbocycles. The summed E-state index contributed by atoms with van der Waals surface area (Å²) < 4.78 is 12.3. The summed E-state index contributed by atoms with van der Waals surface area (Å²) in [5.41, 5.74) is 15.8. The largest absolute Gasteiger partial charge is 0.504 e. The van der Waals surface area contributed by atoms with Crippen molar-refractivity contribution >= 4 is 45.2 Å². The summed E-state index contributed by atoms with van der Waals surface area (Å²) in [7, 11) is 4.10. The van der Waals surface area contributed by atoms with Crippen molar-refractivity contribution in [1.29, 1.82) is 0 Å². The van der Waals surface area contributed by atoms with Crippen LogP contribution in [0, 0.1) is 16.2 Å². The number of ether oxygens (including phenoxy) is 2. The number of guanidine groups is 1. The van der Waals surface area contributed by atoms with Crippen molar-refractivity contribution in [3.05, 3.63) is 47.2 Å². The minimum absolute atomic E-state index is 0.0199. The molecule has 5 fully saturated rings. The molecule has 65 heavy (non-hydrogen) atoms. The van der Waals surface area contributed by atoms with Crippen LogP contribution in [0.15, 0.2) is 35.5 Å². The summed E-state index contributed by atoms with van der Waals surface area (Å²) in [6.45, 7) is 2.61. The number of nitrogens with one attached hydrogen (secondary N) is 1. The molecule has 3 spiro atoms. The molecule has 14 heteroatoms. The summed E-state index contributed by atoms with van der Waals surface area (Å²) in [4.78, 5) is 37.6. The number of aryl methyl sites for hydroxylation is 1. The number of esters is 1. The molecule has 2 aromatic rings. The number of aromatic nitrogens is 1. The van der Waals surface area contributed by atoms with Crippen molar-refractivity contribution in [2.24, 2.45) is 27.0 Å². The number of aliphatic hydroxyl groups excluding tert-OH is 1. The van der Waals surface area contributed by atoms with Crippen molar-refractivity contribution < 1.29 is 29.3 Å². The second-order valence-electron chi connectivity index (χ2n) is 21.1. The lowest BCUT2D eigenvalue weighted by atomic mass is 9.78. The highest BCUT2D eigenvalue weighted by atomic mass is 33.1. The molecular formula is C51H76N6O6S2. The van der Waals surface area contributed by atoms with Gasteiger partial charge < -0.3 is 41.4 Å². The summed E-state index contributed by atoms with van der Waals surface area (Å²) in [6, 6.07) is 7.76. The molecule has 7 N–H and O–H groups in total. The van der Waals surface area contributed by atoms with Crippen molar-refractivity contribution in [2.75, 3.05) is 24.6 Å². The molecule has 0 radical (unpaired) electrons. The van der Waals surface area contributed by atoms with E-state index in [4.69, 9.17) is 25.9 Å². The second-order valence-corrected chi connectivity index (χ2v) is 23.7. The van der Waals surface area contributed by atoms with Crippen LogP contribution >= 0.6 is 21.6 Å².